The predicted octanol–water partition coefficient (Wildman–Crippen LogP) is 2.57. The third kappa shape index (κ3) is 5.24. The summed E-state index contributed by atoms with van der Waals surface area (Å²) in [6.07, 6.45) is -1.60. The first-order valence-corrected chi connectivity index (χ1v) is 8.42. The van der Waals surface area contributed by atoms with Gasteiger partial charge in [0.25, 0.3) is 0 Å². The maximum atomic E-state index is 11.9. The van der Waals surface area contributed by atoms with Crippen molar-refractivity contribution in [2.24, 2.45) is 0 Å². The minimum atomic E-state index is -0.876. The summed E-state index contributed by atoms with van der Waals surface area (Å²) in [5.41, 5.74) is 0.385. The molecular weight excluding hydrogens is 355 g/mol. The van der Waals surface area contributed by atoms with Gasteiger partial charge < -0.3 is 19.7 Å². The molecule has 2 rings (SSSR count). The average Bonchev–Trinajstić information content (AvgIpc) is 2.62. The van der Waals surface area contributed by atoms with Crippen molar-refractivity contribution in [2.45, 2.75) is 12.2 Å². The van der Waals surface area contributed by atoms with Crippen molar-refractivity contribution in [1.82, 2.24) is 0 Å². The third-order valence-electron chi connectivity index (χ3n) is 3.25. The Hall–Kier alpha value is -1.53. The SMILES string of the molecule is O=C(OCC(O)CCl)c1ccc2cc(OCC(O)CCl)ccc2c1. The van der Waals surface area contributed by atoms with E-state index in [4.69, 9.17) is 32.7 Å². The Balaban J connectivity index is 2.07. The van der Waals surface area contributed by atoms with Crippen molar-refractivity contribution in [3.8, 4) is 5.75 Å². The minimum Gasteiger partial charge on any atom is -0.491 e. The van der Waals surface area contributed by atoms with Crippen molar-refractivity contribution in [2.75, 3.05) is 25.0 Å². The van der Waals surface area contributed by atoms with Gasteiger partial charge in [0.2, 0.25) is 0 Å². The number of rotatable bonds is 8. The Morgan fingerprint density at radius 1 is 0.958 bits per heavy atom. The van der Waals surface area contributed by atoms with Crippen LogP contribution in [0, 0.1) is 0 Å². The maximum absolute atomic E-state index is 11.9. The Bertz CT molecular complexity index is 692. The van der Waals surface area contributed by atoms with E-state index in [1.54, 1.807) is 24.3 Å². The van der Waals surface area contributed by atoms with Crippen LogP contribution in [0.15, 0.2) is 36.4 Å². The van der Waals surface area contributed by atoms with Crippen LogP contribution in [-0.4, -0.2) is 53.4 Å². The van der Waals surface area contributed by atoms with Crippen LogP contribution in [0.5, 0.6) is 5.75 Å². The van der Waals surface area contributed by atoms with Crippen LogP contribution in [0.1, 0.15) is 10.4 Å². The minimum absolute atomic E-state index is 0.00614. The van der Waals surface area contributed by atoms with Gasteiger partial charge in [-0.3, -0.25) is 0 Å². The molecule has 0 bridgehead atoms. The van der Waals surface area contributed by atoms with E-state index < -0.39 is 18.2 Å². The number of ether oxygens (including phenoxy) is 2. The van der Waals surface area contributed by atoms with E-state index in [2.05, 4.69) is 0 Å². The molecule has 0 fully saturated rings. The summed E-state index contributed by atoms with van der Waals surface area (Å²) < 4.78 is 10.4. The first-order valence-electron chi connectivity index (χ1n) is 7.35. The molecule has 0 spiro atoms. The van der Waals surface area contributed by atoms with Crippen LogP contribution in [0.4, 0.5) is 0 Å². The smallest absolute Gasteiger partial charge is 0.338 e. The molecule has 130 valence electrons. The molecule has 2 unspecified atom stereocenters. The topological polar surface area (TPSA) is 76.0 Å². The van der Waals surface area contributed by atoms with Crippen LogP contribution >= 0.6 is 23.2 Å². The summed E-state index contributed by atoms with van der Waals surface area (Å²) in [7, 11) is 0. The van der Waals surface area contributed by atoms with Crippen LogP contribution in [0.3, 0.4) is 0 Å². The van der Waals surface area contributed by atoms with Gasteiger partial charge in [0.1, 0.15) is 31.2 Å². The van der Waals surface area contributed by atoms with E-state index >= 15 is 0 Å². The number of alkyl halides is 2. The van der Waals surface area contributed by atoms with Gasteiger partial charge in [0.15, 0.2) is 0 Å². The molecule has 7 heteroatoms. The van der Waals surface area contributed by atoms with E-state index in [0.29, 0.717) is 11.3 Å². The Kier molecular flexibility index (Phi) is 7.12. The zero-order chi connectivity index (χ0) is 17.5. The lowest BCUT2D eigenvalue weighted by atomic mass is 10.1. The zero-order valence-electron chi connectivity index (χ0n) is 12.8. The van der Waals surface area contributed by atoms with Crippen molar-refractivity contribution >= 4 is 39.9 Å². The molecule has 0 aromatic heterocycles. The summed E-state index contributed by atoms with van der Waals surface area (Å²) >= 11 is 11.0. The van der Waals surface area contributed by atoms with Crippen LogP contribution in [-0.2, 0) is 4.74 Å². The molecule has 2 atom stereocenters. The van der Waals surface area contributed by atoms with Gasteiger partial charge in [-0.05, 0) is 35.0 Å². The normalized spacial score (nSPS) is 13.5. The lowest BCUT2D eigenvalue weighted by Gasteiger charge is -2.11. The number of esters is 1. The summed E-state index contributed by atoms with van der Waals surface area (Å²) in [6, 6.07) is 10.5. The highest BCUT2D eigenvalue weighted by atomic mass is 35.5. The van der Waals surface area contributed by atoms with Crippen LogP contribution in [0.25, 0.3) is 10.8 Å². The molecule has 0 radical (unpaired) electrons. The molecular formula is C17H18Cl2O5. The number of hydrogen-bond acceptors (Lipinski definition) is 5. The fraction of sp³-hybridized carbons (Fsp3) is 0.353. The Morgan fingerprint density at radius 2 is 1.58 bits per heavy atom. The molecule has 0 saturated heterocycles. The van der Waals surface area contributed by atoms with E-state index in [-0.39, 0.29) is 25.0 Å². The largest absolute Gasteiger partial charge is 0.491 e. The van der Waals surface area contributed by atoms with E-state index in [9.17, 15) is 15.0 Å². The molecule has 2 N–H and O–H groups in total. The lowest BCUT2D eigenvalue weighted by molar-refractivity contribution is 0.0303. The first kappa shape index (κ1) is 18.8. The summed E-state index contributed by atoms with van der Waals surface area (Å²) in [5, 5.41) is 20.4. The molecule has 0 amide bonds. The van der Waals surface area contributed by atoms with Gasteiger partial charge >= 0.3 is 5.97 Å². The molecule has 5 nitrogen and oxygen atoms in total. The monoisotopic (exact) mass is 372 g/mol. The van der Waals surface area contributed by atoms with E-state index in [1.165, 1.54) is 0 Å². The summed E-state index contributed by atoms with van der Waals surface area (Å²) in [6.45, 7) is -0.0294. The molecule has 0 aliphatic heterocycles. The van der Waals surface area contributed by atoms with Crippen molar-refractivity contribution in [3.05, 3.63) is 42.0 Å². The molecule has 0 aliphatic rings. The molecule has 0 aliphatic carbocycles. The number of benzene rings is 2. The Morgan fingerprint density at radius 3 is 2.29 bits per heavy atom. The average molecular weight is 373 g/mol. The number of aliphatic hydroxyl groups excluding tert-OH is 2. The van der Waals surface area contributed by atoms with Gasteiger partial charge in [0.05, 0.1) is 17.3 Å². The quantitative estimate of drug-likeness (QED) is 0.550. The molecule has 0 saturated carbocycles. The fourth-order valence-electron chi connectivity index (χ4n) is 1.98. The summed E-state index contributed by atoms with van der Waals surface area (Å²) in [4.78, 5) is 11.9. The van der Waals surface area contributed by atoms with Gasteiger partial charge in [-0.25, -0.2) is 4.79 Å². The van der Waals surface area contributed by atoms with Gasteiger partial charge in [-0.15, -0.1) is 23.2 Å². The van der Waals surface area contributed by atoms with Crippen LogP contribution in [0.2, 0.25) is 0 Å². The second-order valence-electron chi connectivity index (χ2n) is 5.25. The zero-order valence-corrected chi connectivity index (χ0v) is 14.3. The van der Waals surface area contributed by atoms with Crippen molar-refractivity contribution in [3.63, 3.8) is 0 Å². The Labute approximate surface area is 149 Å². The lowest BCUT2D eigenvalue weighted by Crippen LogP contribution is -2.19. The standard InChI is InChI=1S/C17H18Cl2O5/c18-7-14(20)9-23-16-4-3-11-5-13(2-1-12(11)6-16)17(22)24-10-15(21)8-19/h1-6,14-15,20-21H,7-10H2. The van der Waals surface area contributed by atoms with E-state index in [1.807, 2.05) is 12.1 Å². The summed E-state index contributed by atoms with van der Waals surface area (Å²) in [5.74, 6) is 0.197. The van der Waals surface area contributed by atoms with Crippen molar-refractivity contribution < 1.29 is 24.5 Å². The van der Waals surface area contributed by atoms with Gasteiger partial charge in [-0.1, -0.05) is 12.1 Å². The van der Waals surface area contributed by atoms with Gasteiger partial charge in [0, 0.05) is 0 Å². The molecule has 24 heavy (non-hydrogen) atoms. The number of fused-ring (bicyclic) bond motifs is 1. The number of carbonyl (C=O) groups excluding carboxylic acids is 1. The van der Waals surface area contributed by atoms with E-state index in [0.717, 1.165) is 10.8 Å². The second-order valence-corrected chi connectivity index (χ2v) is 5.87. The molecule has 2 aromatic carbocycles. The highest BCUT2D eigenvalue weighted by Crippen LogP contribution is 2.22. The van der Waals surface area contributed by atoms with Crippen molar-refractivity contribution in [1.29, 1.82) is 0 Å². The third-order valence-corrected chi connectivity index (χ3v) is 3.97. The molecule has 0 heterocycles. The van der Waals surface area contributed by atoms with Gasteiger partial charge in [-0.2, -0.15) is 0 Å². The predicted molar refractivity (Wildman–Crippen MR) is 93.2 cm³/mol. The highest BCUT2D eigenvalue weighted by molar-refractivity contribution is 6.18. The number of hydrogen-bond donors (Lipinski definition) is 2. The number of carbonyl (C=O) groups is 1. The fourth-order valence-corrected chi connectivity index (χ4v) is 2.16. The highest BCUT2D eigenvalue weighted by Gasteiger charge is 2.11. The second kappa shape index (κ2) is 9.08. The van der Waals surface area contributed by atoms with Crippen LogP contribution < -0.4 is 4.74 Å². The maximum Gasteiger partial charge on any atom is 0.338 e. The first-order chi connectivity index (χ1) is 11.5. The number of aliphatic hydroxyl groups is 2. The molecule has 2 aromatic rings. The number of halogens is 2.